The Morgan fingerprint density at radius 2 is 1.75 bits per heavy atom. The first-order valence-corrected chi connectivity index (χ1v) is 10.7. The minimum Gasteiger partial charge on any atom is -0.493 e. The van der Waals surface area contributed by atoms with Crippen molar-refractivity contribution in [2.75, 3.05) is 20.8 Å². The summed E-state index contributed by atoms with van der Waals surface area (Å²) in [6.07, 6.45) is 0.719. The normalized spacial score (nSPS) is 12.8. The van der Waals surface area contributed by atoms with E-state index in [-0.39, 0.29) is 5.91 Å². The third-order valence-electron chi connectivity index (χ3n) is 6.00. The minimum atomic E-state index is 0.0613. The van der Waals surface area contributed by atoms with Crippen LogP contribution in [0.2, 0.25) is 0 Å². The molecule has 4 aromatic rings. The highest BCUT2D eigenvalue weighted by Crippen LogP contribution is 2.37. The average molecular weight is 425 g/mol. The van der Waals surface area contributed by atoms with Gasteiger partial charge in [-0.05, 0) is 41.0 Å². The molecule has 0 N–H and O–H groups in total. The Balaban J connectivity index is 1.39. The summed E-state index contributed by atoms with van der Waals surface area (Å²) in [5.41, 5.74) is 5.65. The van der Waals surface area contributed by atoms with Gasteiger partial charge in [0.05, 0.1) is 25.3 Å². The van der Waals surface area contributed by atoms with Crippen LogP contribution in [-0.2, 0) is 13.0 Å². The predicted molar refractivity (Wildman–Crippen MR) is 125 cm³/mol. The Labute approximate surface area is 187 Å². The highest BCUT2D eigenvalue weighted by Gasteiger charge is 2.30. The maximum absolute atomic E-state index is 13.4. The number of ether oxygens (including phenoxy) is 2. The van der Waals surface area contributed by atoms with E-state index in [4.69, 9.17) is 14.5 Å². The molecular formula is C27H24N2O3. The van der Waals surface area contributed by atoms with Crippen molar-refractivity contribution >= 4 is 16.8 Å². The molecule has 1 aromatic heterocycles. The van der Waals surface area contributed by atoms with Gasteiger partial charge >= 0.3 is 0 Å². The first-order valence-electron chi connectivity index (χ1n) is 10.7. The number of benzene rings is 3. The van der Waals surface area contributed by atoms with E-state index in [1.807, 2.05) is 65.6 Å². The van der Waals surface area contributed by atoms with E-state index in [0.717, 1.165) is 45.3 Å². The second-order valence-electron chi connectivity index (χ2n) is 7.88. The highest BCUT2D eigenvalue weighted by molar-refractivity contribution is 6.04. The van der Waals surface area contributed by atoms with Crippen LogP contribution in [0.1, 0.15) is 21.6 Å². The molecule has 3 aromatic carbocycles. The number of para-hydroxylation sites is 1. The molecular weight excluding hydrogens is 400 g/mol. The molecule has 1 amide bonds. The zero-order chi connectivity index (χ0) is 22.1. The van der Waals surface area contributed by atoms with E-state index in [1.165, 1.54) is 0 Å². The molecule has 0 bridgehead atoms. The predicted octanol–water partition coefficient (Wildman–Crippen LogP) is 5.12. The molecule has 160 valence electrons. The van der Waals surface area contributed by atoms with Crippen LogP contribution in [0.15, 0.2) is 72.8 Å². The van der Waals surface area contributed by atoms with Gasteiger partial charge in [-0.15, -0.1) is 0 Å². The summed E-state index contributed by atoms with van der Waals surface area (Å²) in [5, 5.41) is 1.13. The third kappa shape index (κ3) is 3.56. The quantitative estimate of drug-likeness (QED) is 0.431. The highest BCUT2D eigenvalue weighted by atomic mass is 16.5. The van der Waals surface area contributed by atoms with Crippen LogP contribution < -0.4 is 9.47 Å². The second kappa shape index (κ2) is 8.35. The van der Waals surface area contributed by atoms with Crippen LogP contribution in [0.4, 0.5) is 0 Å². The number of fused-ring (bicyclic) bond motifs is 2. The number of carbonyl (C=O) groups excluding carboxylic acids is 1. The van der Waals surface area contributed by atoms with Crippen LogP contribution in [0.25, 0.3) is 22.0 Å². The molecule has 0 fully saturated rings. The number of hydrogen-bond acceptors (Lipinski definition) is 4. The number of carbonyl (C=O) groups is 1. The molecule has 0 atom stereocenters. The van der Waals surface area contributed by atoms with Gasteiger partial charge in [-0.2, -0.15) is 0 Å². The van der Waals surface area contributed by atoms with Crippen LogP contribution in [0.5, 0.6) is 11.5 Å². The molecule has 1 aliphatic heterocycles. The lowest BCUT2D eigenvalue weighted by Gasteiger charge is -2.16. The van der Waals surface area contributed by atoms with E-state index in [2.05, 4.69) is 12.1 Å². The molecule has 0 unspecified atom stereocenters. The monoisotopic (exact) mass is 424 g/mol. The Morgan fingerprint density at radius 1 is 0.906 bits per heavy atom. The minimum absolute atomic E-state index is 0.0613. The smallest absolute Gasteiger partial charge is 0.255 e. The Kier molecular flexibility index (Phi) is 5.23. The lowest BCUT2D eigenvalue weighted by Crippen LogP contribution is -2.26. The summed E-state index contributed by atoms with van der Waals surface area (Å²) >= 11 is 0. The zero-order valence-corrected chi connectivity index (χ0v) is 18.2. The van der Waals surface area contributed by atoms with Crippen molar-refractivity contribution in [3.63, 3.8) is 0 Å². The lowest BCUT2D eigenvalue weighted by molar-refractivity contribution is 0.0780. The molecule has 0 saturated heterocycles. The topological polar surface area (TPSA) is 51.7 Å². The van der Waals surface area contributed by atoms with Gasteiger partial charge in [0.25, 0.3) is 5.91 Å². The number of aromatic nitrogens is 1. The second-order valence-corrected chi connectivity index (χ2v) is 7.88. The van der Waals surface area contributed by atoms with E-state index >= 15 is 0 Å². The molecule has 0 radical (unpaired) electrons. The van der Waals surface area contributed by atoms with Gasteiger partial charge in [0, 0.05) is 30.6 Å². The SMILES string of the molecule is COc1ccc(-c2cccc3c2C(=O)N(CCc2ccc4ccccc4n2)C3)cc1OC. The van der Waals surface area contributed by atoms with Crippen molar-refractivity contribution in [3.8, 4) is 22.6 Å². The van der Waals surface area contributed by atoms with Crippen LogP contribution in [0, 0.1) is 0 Å². The molecule has 1 aliphatic rings. The van der Waals surface area contributed by atoms with E-state index < -0.39 is 0 Å². The van der Waals surface area contributed by atoms with Crippen molar-refractivity contribution in [2.24, 2.45) is 0 Å². The summed E-state index contributed by atoms with van der Waals surface area (Å²) < 4.78 is 10.8. The van der Waals surface area contributed by atoms with Crippen LogP contribution >= 0.6 is 0 Å². The molecule has 5 rings (SSSR count). The number of nitrogens with zero attached hydrogens (tertiary/aromatic N) is 2. The van der Waals surface area contributed by atoms with Crippen molar-refractivity contribution < 1.29 is 14.3 Å². The Morgan fingerprint density at radius 3 is 2.59 bits per heavy atom. The lowest BCUT2D eigenvalue weighted by atomic mass is 9.96. The third-order valence-corrected chi connectivity index (χ3v) is 6.00. The van der Waals surface area contributed by atoms with Gasteiger partial charge in [-0.25, -0.2) is 0 Å². The molecule has 2 heterocycles. The fraction of sp³-hybridized carbons (Fsp3) is 0.185. The summed E-state index contributed by atoms with van der Waals surface area (Å²) in [7, 11) is 3.23. The van der Waals surface area contributed by atoms with Crippen molar-refractivity contribution in [1.82, 2.24) is 9.88 Å². The fourth-order valence-corrected chi connectivity index (χ4v) is 4.34. The van der Waals surface area contributed by atoms with Gasteiger partial charge in [-0.3, -0.25) is 9.78 Å². The molecule has 32 heavy (non-hydrogen) atoms. The molecule has 0 spiro atoms. The first-order chi connectivity index (χ1) is 15.7. The van der Waals surface area contributed by atoms with Crippen LogP contribution in [-0.4, -0.2) is 36.6 Å². The van der Waals surface area contributed by atoms with E-state index in [1.54, 1.807) is 14.2 Å². The number of pyridine rings is 1. The van der Waals surface area contributed by atoms with E-state index in [9.17, 15) is 4.79 Å². The number of methoxy groups -OCH3 is 2. The van der Waals surface area contributed by atoms with Gasteiger partial charge in [0.2, 0.25) is 0 Å². The Bertz CT molecular complexity index is 1320. The maximum atomic E-state index is 13.4. The standard InChI is InChI=1S/C27H24N2O3/c1-31-24-13-11-19(16-25(24)32-2)22-8-5-7-20-17-29(27(30)26(20)22)15-14-21-12-10-18-6-3-4-9-23(18)28-21/h3-13,16H,14-15,17H2,1-2H3. The Hall–Kier alpha value is -3.86. The van der Waals surface area contributed by atoms with E-state index in [0.29, 0.717) is 24.6 Å². The average Bonchev–Trinajstić information content (AvgIpc) is 3.17. The van der Waals surface area contributed by atoms with Gasteiger partial charge < -0.3 is 14.4 Å². The summed E-state index contributed by atoms with van der Waals surface area (Å²) in [4.78, 5) is 20.0. The molecule has 5 nitrogen and oxygen atoms in total. The maximum Gasteiger partial charge on any atom is 0.255 e. The number of hydrogen-bond donors (Lipinski definition) is 0. The van der Waals surface area contributed by atoms with Crippen molar-refractivity contribution in [3.05, 3.63) is 89.6 Å². The number of rotatable bonds is 6. The summed E-state index contributed by atoms with van der Waals surface area (Å²) in [6.45, 7) is 1.24. The molecule has 0 saturated carbocycles. The van der Waals surface area contributed by atoms with Gasteiger partial charge in [0.15, 0.2) is 11.5 Å². The summed E-state index contributed by atoms with van der Waals surface area (Å²) in [6, 6.07) is 24.0. The first kappa shape index (κ1) is 20.1. The molecule has 5 heteroatoms. The number of amides is 1. The largest absolute Gasteiger partial charge is 0.493 e. The van der Waals surface area contributed by atoms with Crippen molar-refractivity contribution in [2.45, 2.75) is 13.0 Å². The van der Waals surface area contributed by atoms with Gasteiger partial charge in [-0.1, -0.05) is 48.5 Å². The summed E-state index contributed by atoms with van der Waals surface area (Å²) in [5.74, 6) is 1.37. The van der Waals surface area contributed by atoms with Gasteiger partial charge in [0.1, 0.15) is 0 Å². The molecule has 0 aliphatic carbocycles. The zero-order valence-electron chi connectivity index (χ0n) is 18.2. The van der Waals surface area contributed by atoms with Crippen LogP contribution in [0.3, 0.4) is 0 Å². The fourth-order valence-electron chi connectivity index (χ4n) is 4.34. The van der Waals surface area contributed by atoms with Crippen molar-refractivity contribution in [1.29, 1.82) is 0 Å².